The smallest absolute Gasteiger partial charge is 0.314 e. The van der Waals surface area contributed by atoms with Gasteiger partial charge in [0.2, 0.25) is 0 Å². The van der Waals surface area contributed by atoms with E-state index in [0.29, 0.717) is 18.4 Å². The molecule has 30 heavy (non-hydrogen) atoms. The molecule has 4 aliphatic carbocycles. The molecule has 1 spiro atoms. The van der Waals surface area contributed by atoms with Crippen LogP contribution in [0, 0.1) is 39.9 Å². The topological polar surface area (TPSA) is 61.8 Å². The fourth-order valence-corrected chi connectivity index (χ4v) is 10.0. The molecule has 0 aromatic heterocycles. The number of hydrogen-bond acceptors (Lipinski definition) is 5. The molecule has 6 heteroatoms. The van der Waals surface area contributed by atoms with E-state index in [2.05, 4.69) is 26.2 Å². The van der Waals surface area contributed by atoms with Crippen LogP contribution in [0.15, 0.2) is 12.2 Å². The van der Waals surface area contributed by atoms with E-state index in [1.165, 1.54) is 12.7 Å². The molecule has 0 amide bonds. The first-order chi connectivity index (χ1) is 14.0. The molecule has 0 N–H and O–H groups in total. The second-order valence-electron chi connectivity index (χ2n) is 11.9. The molecule has 5 aliphatic rings. The molecule has 4 bridgehead atoms. The molecule has 0 aromatic rings. The molecule has 1 heterocycles. The largest absolute Gasteiger partial charge is 0.469 e. The molecule has 5 nitrogen and oxygen atoms in total. The molecule has 166 valence electrons. The van der Waals surface area contributed by atoms with Gasteiger partial charge in [-0.2, -0.15) is 0 Å². The normalized spacial score (nSPS) is 49.3. The first kappa shape index (κ1) is 20.7. The van der Waals surface area contributed by atoms with E-state index >= 15 is 0 Å². The van der Waals surface area contributed by atoms with Crippen LogP contribution in [0.5, 0.6) is 0 Å². The van der Waals surface area contributed by atoms with Crippen LogP contribution >= 0.6 is 0 Å². The van der Waals surface area contributed by atoms with E-state index in [4.69, 9.17) is 13.9 Å². The minimum Gasteiger partial charge on any atom is -0.469 e. The highest BCUT2D eigenvalue weighted by Crippen LogP contribution is 2.79. The van der Waals surface area contributed by atoms with Gasteiger partial charge in [-0.3, -0.25) is 9.59 Å². The predicted octanol–water partition coefficient (Wildman–Crippen LogP) is 4.33. The van der Waals surface area contributed by atoms with E-state index in [1.54, 1.807) is 0 Å². The molecule has 0 aromatic carbocycles. The molecule has 0 radical (unpaired) electrons. The first-order valence-corrected chi connectivity index (χ1v) is 15.0. The Bertz CT molecular complexity index is 817. The molecule has 4 saturated carbocycles. The summed E-state index contributed by atoms with van der Waals surface area (Å²) in [6.07, 6.45) is 5.79. The average molecular weight is 433 g/mol. The quantitative estimate of drug-likeness (QED) is 0.377. The molecule has 1 saturated heterocycles. The van der Waals surface area contributed by atoms with Crippen LogP contribution < -0.4 is 0 Å². The van der Waals surface area contributed by atoms with Crippen LogP contribution in [0.3, 0.4) is 0 Å². The van der Waals surface area contributed by atoms with Crippen molar-refractivity contribution in [3.8, 4) is 0 Å². The summed E-state index contributed by atoms with van der Waals surface area (Å²) in [5, 5.41) is 0. The zero-order valence-corrected chi connectivity index (χ0v) is 20.1. The third-order valence-corrected chi connectivity index (χ3v) is 10.6. The molecule has 1 aliphatic heterocycles. The second-order valence-corrected chi connectivity index (χ2v) is 16.4. The Kier molecular flexibility index (Phi) is 4.30. The van der Waals surface area contributed by atoms with E-state index in [-0.39, 0.29) is 40.7 Å². The van der Waals surface area contributed by atoms with Crippen LogP contribution in [0.4, 0.5) is 0 Å². The number of esters is 2. The Labute approximate surface area is 181 Å². The lowest BCUT2D eigenvalue weighted by molar-refractivity contribution is -0.218. The van der Waals surface area contributed by atoms with Crippen LogP contribution in [0.1, 0.15) is 45.4 Å². The van der Waals surface area contributed by atoms with Crippen LogP contribution in [-0.4, -0.2) is 40.1 Å². The van der Waals surface area contributed by atoms with Gasteiger partial charge in [0.05, 0.1) is 31.2 Å². The number of hydrogen-bond donors (Lipinski definition) is 0. The van der Waals surface area contributed by atoms with Gasteiger partial charge in [-0.05, 0) is 82.3 Å². The van der Waals surface area contributed by atoms with Crippen molar-refractivity contribution < 1.29 is 23.5 Å². The van der Waals surface area contributed by atoms with Gasteiger partial charge in [0.1, 0.15) is 0 Å². The van der Waals surface area contributed by atoms with E-state index in [1.807, 2.05) is 6.92 Å². The number of ether oxygens (including phenoxy) is 2. The lowest BCUT2D eigenvalue weighted by Gasteiger charge is -2.59. The monoisotopic (exact) mass is 432 g/mol. The number of carbonyl (C=O) groups is 2. The fourth-order valence-electron chi connectivity index (χ4n) is 8.82. The highest BCUT2D eigenvalue weighted by Gasteiger charge is 2.80. The highest BCUT2D eigenvalue weighted by molar-refractivity contribution is 6.69. The van der Waals surface area contributed by atoms with Gasteiger partial charge < -0.3 is 13.9 Å². The van der Waals surface area contributed by atoms with Crippen molar-refractivity contribution in [2.75, 3.05) is 13.7 Å². The van der Waals surface area contributed by atoms with E-state index < -0.39 is 13.7 Å². The Morgan fingerprint density at radius 3 is 2.60 bits per heavy atom. The molecule has 5 fully saturated rings. The first-order valence-electron chi connectivity index (χ1n) is 11.6. The van der Waals surface area contributed by atoms with Crippen molar-refractivity contribution in [2.45, 2.75) is 71.2 Å². The Hall–Kier alpha value is -1.14. The summed E-state index contributed by atoms with van der Waals surface area (Å²) < 4.78 is 18.0. The van der Waals surface area contributed by atoms with Gasteiger partial charge in [-0.1, -0.05) is 12.2 Å². The van der Waals surface area contributed by atoms with Crippen molar-refractivity contribution in [2.24, 2.45) is 39.9 Å². The fraction of sp³-hybridized carbons (Fsp3) is 0.833. The SMILES string of the molecule is C=C1C[C@]23CC1CC[C@H]2[C@@]12CC[C@@H](O[Si](C)(C)C)C(C)(C(=O)OC1)[C@H]2[C@@H]3C(=O)OC. The van der Waals surface area contributed by atoms with Crippen molar-refractivity contribution in [1.29, 1.82) is 0 Å². The van der Waals surface area contributed by atoms with E-state index in [9.17, 15) is 9.59 Å². The molecular formula is C24H36O5Si. The maximum absolute atomic E-state index is 13.4. The standard InChI is InChI=1S/C24H36O5Si/c1-14-11-24-12-15(14)7-8-16(24)23-10-9-17(29-30(4,5)6)22(2,21(26)28-13-23)19(23)18(24)20(25)27-3/h15-19H,1,7-13H2,2-6H3/t15?,16-,17+,18+,19+,22?,23+,24-/m0/s1. The van der Waals surface area contributed by atoms with Crippen molar-refractivity contribution >= 4 is 20.3 Å². The van der Waals surface area contributed by atoms with Gasteiger partial charge in [0.25, 0.3) is 0 Å². The number of methoxy groups -OCH3 is 1. The number of fused-ring (bicyclic) bond motifs is 1. The Morgan fingerprint density at radius 1 is 1.20 bits per heavy atom. The Morgan fingerprint density at radius 2 is 1.93 bits per heavy atom. The lowest BCUT2D eigenvalue weighted by atomic mass is 9.50. The number of allylic oxidation sites excluding steroid dienone is 1. The molecule has 8 atom stereocenters. The third kappa shape index (κ3) is 2.38. The van der Waals surface area contributed by atoms with Crippen molar-refractivity contribution in [3.05, 3.63) is 12.2 Å². The minimum absolute atomic E-state index is 0.0801. The minimum atomic E-state index is -1.89. The molecular weight excluding hydrogens is 396 g/mol. The summed E-state index contributed by atoms with van der Waals surface area (Å²) in [6, 6.07) is 0. The number of cyclic esters (lactones) is 1. The summed E-state index contributed by atoms with van der Waals surface area (Å²) >= 11 is 0. The van der Waals surface area contributed by atoms with Gasteiger partial charge in [0, 0.05) is 11.3 Å². The second kappa shape index (κ2) is 6.22. The van der Waals surface area contributed by atoms with Gasteiger partial charge in [-0.25, -0.2) is 0 Å². The van der Waals surface area contributed by atoms with Gasteiger partial charge in [-0.15, -0.1) is 0 Å². The summed E-state index contributed by atoms with van der Waals surface area (Å²) in [5.41, 5.74) is 0.210. The van der Waals surface area contributed by atoms with Crippen molar-refractivity contribution in [3.63, 3.8) is 0 Å². The third-order valence-electron chi connectivity index (χ3n) is 9.57. The zero-order chi connectivity index (χ0) is 21.7. The summed E-state index contributed by atoms with van der Waals surface area (Å²) in [4.78, 5) is 26.9. The zero-order valence-electron chi connectivity index (χ0n) is 19.1. The van der Waals surface area contributed by atoms with E-state index in [0.717, 1.165) is 38.5 Å². The number of rotatable bonds is 3. The maximum atomic E-state index is 13.4. The summed E-state index contributed by atoms with van der Waals surface area (Å²) in [5.74, 6) is 0.210. The lowest BCUT2D eigenvalue weighted by Crippen LogP contribution is -2.65. The Balaban J connectivity index is 1.70. The molecule has 2 unspecified atom stereocenters. The van der Waals surface area contributed by atoms with Gasteiger partial charge in [0.15, 0.2) is 8.32 Å². The molecule has 5 rings (SSSR count). The highest BCUT2D eigenvalue weighted by atomic mass is 28.4. The summed E-state index contributed by atoms with van der Waals surface area (Å²) in [6.45, 7) is 13.4. The van der Waals surface area contributed by atoms with Crippen molar-refractivity contribution in [1.82, 2.24) is 0 Å². The van der Waals surface area contributed by atoms with Crippen LogP contribution in [-0.2, 0) is 23.5 Å². The number of carbonyl (C=O) groups excluding carboxylic acids is 2. The maximum Gasteiger partial charge on any atom is 0.314 e. The van der Waals surface area contributed by atoms with Gasteiger partial charge >= 0.3 is 11.9 Å². The van der Waals surface area contributed by atoms with Crippen LogP contribution in [0.25, 0.3) is 0 Å². The average Bonchev–Trinajstić information content (AvgIpc) is 3.08. The predicted molar refractivity (Wildman–Crippen MR) is 115 cm³/mol. The van der Waals surface area contributed by atoms with Crippen LogP contribution in [0.2, 0.25) is 19.6 Å². The summed E-state index contributed by atoms with van der Waals surface area (Å²) in [7, 11) is -0.389.